The number of benzene rings is 2. The highest BCUT2D eigenvalue weighted by atomic mass is 32.1. The van der Waals surface area contributed by atoms with E-state index in [1.54, 1.807) is 35.6 Å². The van der Waals surface area contributed by atoms with E-state index in [9.17, 15) is 9.59 Å². The molecule has 7 heteroatoms. The second-order valence-electron chi connectivity index (χ2n) is 7.49. The van der Waals surface area contributed by atoms with Crippen molar-refractivity contribution in [3.05, 3.63) is 77.4 Å². The fourth-order valence-electron chi connectivity index (χ4n) is 3.30. The molecule has 0 aliphatic rings. The Hall–Kier alpha value is -3.45. The minimum absolute atomic E-state index is 0.0778. The number of ether oxygens (including phenoxy) is 1. The maximum atomic E-state index is 12.4. The van der Waals surface area contributed by atoms with Crippen molar-refractivity contribution in [1.29, 1.82) is 0 Å². The summed E-state index contributed by atoms with van der Waals surface area (Å²) in [5.41, 5.74) is 4.19. The van der Waals surface area contributed by atoms with E-state index < -0.39 is 0 Å². The summed E-state index contributed by atoms with van der Waals surface area (Å²) in [5, 5.41) is 4.93. The Morgan fingerprint density at radius 1 is 1.09 bits per heavy atom. The Balaban J connectivity index is 1.32. The lowest BCUT2D eigenvalue weighted by molar-refractivity contribution is -0.116. The molecule has 2 heterocycles. The van der Waals surface area contributed by atoms with Gasteiger partial charge in [-0.25, -0.2) is 9.78 Å². The zero-order chi connectivity index (χ0) is 22.3. The number of hydrogen-bond acceptors (Lipinski definition) is 5. The van der Waals surface area contributed by atoms with Gasteiger partial charge >= 0.3 is 5.97 Å². The van der Waals surface area contributed by atoms with Gasteiger partial charge in [0, 0.05) is 34.9 Å². The molecule has 2 aromatic carbocycles. The van der Waals surface area contributed by atoms with E-state index in [0.29, 0.717) is 30.7 Å². The van der Waals surface area contributed by atoms with Gasteiger partial charge in [0.1, 0.15) is 0 Å². The number of rotatable bonds is 9. The van der Waals surface area contributed by atoms with Crippen molar-refractivity contribution in [2.45, 2.75) is 32.6 Å². The minimum Gasteiger partial charge on any atom is -0.462 e. The second-order valence-corrected chi connectivity index (χ2v) is 8.32. The molecule has 0 aliphatic carbocycles. The molecular formula is C25H25N3O3S. The van der Waals surface area contributed by atoms with E-state index in [0.717, 1.165) is 34.8 Å². The van der Waals surface area contributed by atoms with E-state index in [4.69, 9.17) is 4.74 Å². The number of nitrogens with zero attached hydrogens (tertiary/aromatic N) is 2. The molecule has 2 aromatic heterocycles. The average Bonchev–Trinajstić information content (AvgIpc) is 3.40. The summed E-state index contributed by atoms with van der Waals surface area (Å²) in [4.78, 5) is 30.0. The number of esters is 1. The highest BCUT2D eigenvalue weighted by Gasteiger charge is 2.12. The van der Waals surface area contributed by atoms with Gasteiger partial charge in [0.2, 0.25) is 5.91 Å². The molecule has 0 unspecified atom stereocenters. The first-order chi connectivity index (χ1) is 15.6. The SMILES string of the molecule is CCCCOC(=O)c1ccc(NC(=O)CCc2csc3nc(-c4ccccc4)cn23)cc1. The van der Waals surface area contributed by atoms with Gasteiger partial charge in [-0.2, -0.15) is 0 Å². The summed E-state index contributed by atoms with van der Waals surface area (Å²) in [6, 6.07) is 16.8. The van der Waals surface area contributed by atoms with Crippen molar-refractivity contribution >= 4 is 33.9 Å². The van der Waals surface area contributed by atoms with E-state index in [-0.39, 0.29) is 11.9 Å². The lowest BCUT2D eigenvalue weighted by Crippen LogP contribution is -2.13. The van der Waals surface area contributed by atoms with E-state index >= 15 is 0 Å². The van der Waals surface area contributed by atoms with Gasteiger partial charge < -0.3 is 10.1 Å². The molecule has 32 heavy (non-hydrogen) atoms. The number of fused-ring (bicyclic) bond motifs is 1. The molecule has 0 fully saturated rings. The van der Waals surface area contributed by atoms with Gasteiger partial charge in [-0.15, -0.1) is 11.3 Å². The van der Waals surface area contributed by atoms with Crippen LogP contribution in [0.4, 0.5) is 5.69 Å². The summed E-state index contributed by atoms with van der Waals surface area (Å²) < 4.78 is 7.26. The van der Waals surface area contributed by atoms with Crippen LogP contribution in [-0.2, 0) is 16.0 Å². The smallest absolute Gasteiger partial charge is 0.338 e. The monoisotopic (exact) mass is 447 g/mol. The molecule has 1 N–H and O–H groups in total. The third kappa shape index (κ3) is 5.23. The topological polar surface area (TPSA) is 72.7 Å². The fraction of sp³-hybridized carbons (Fsp3) is 0.240. The van der Waals surface area contributed by atoms with Crippen LogP contribution in [0, 0.1) is 0 Å². The number of thiazole rings is 1. The molecule has 164 valence electrons. The van der Waals surface area contributed by atoms with Crippen LogP contribution in [0.25, 0.3) is 16.2 Å². The number of aryl methyl sites for hydroxylation is 1. The highest BCUT2D eigenvalue weighted by molar-refractivity contribution is 7.15. The fourth-order valence-corrected chi connectivity index (χ4v) is 4.21. The summed E-state index contributed by atoms with van der Waals surface area (Å²) in [6.45, 7) is 2.47. The normalized spacial score (nSPS) is 10.9. The summed E-state index contributed by atoms with van der Waals surface area (Å²) in [5.74, 6) is -0.418. The molecule has 0 radical (unpaired) electrons. The molecule has 4 aromatic rings. The Bertz CT molecular complexity index is 1200. The van der Waals surface area contributed by atoms with Gasteiger partial charge in [-0.05, 0) is 37.1 Å². The van der Waals surface area contributed by atoms with Crippen LogP contribution < -0.4 is 5.32 Å². The molecular weight excluding hydrogens is 422 g/mol. The van der Waals surface area contributed by atoms with Gasteiger partial charge in [0.25, 0.3) is 0 Å². The Kier molecular flexibility index (Phi) is 6.97. The minimum atomic E-state index is -0.340. The van der Waals surface area contributed by atoms with Crippen molar-refractivity contribution in [2.75, 3.05) is 11.9 Å². The standard InChI is InChI=1S/C25H25N3O3S/c1-2-3-15-31-24(30)19-9-11-20(12-10-19)26-23(29)14-13-21-17-32-25-27-22(16-28(21)25)18-7-5-4-6-8-18/h4-12,16-17H,2-3,13-15H2,1H3,(H,26,29). The van der Waals surface area contributed by atoms with Crippen LogP contribution in [0.15, 0.2) is 66.2 Å². The first-order valence-corrected chi connectivity index (χ1v) is 11.6. The van der Waals surface area contributed by atoms with Crippen LogP contribution >= 0.6 is 11.3 Å². The second kappa shape index (κ2) is 10.2. The number of amides is 1. The van der Waals surface area contributed by atoms with Crippen LogP contribution in [0.3, 0.4) is 0 Å². The number of unbranched alkanes of at least 4 members (excludes halogenated alkanes) is 1. The van der Waals surface area contributed by atoms with E-state index in [1.165, 1.54) is 0 Å². The molecule has 0 atom stereocenters. The van der Waals surface area contributed by atoms with Crippen molar-refractivity contribution < 1.29 is 14.3 Å². The highest BCUT2D eigenvalue weighted by Crippen LogP contribution is 2.24. The summed E-state index contributed by atoms with van der Waals surface area (Å²) in [6.07, 6.45) is 4.81. The Morgan fingerprint density at radius 3 is 2.62 bits per heavy atom. The number of carbonyl (C=O) groups is 2. The molecule has 0 spiro atoms. The lowest BCUT2D eigenvalue weighted by Gasteiger charge is -2.07. The average molecular weight is 448 g/mol. The van der Waals surface area contributed by atoms with Gasteiger partial charge in [0.15, 0.2) is 4.96 Å². The number of aromatic nitrogens is 2. The van der Waals surface area contributed by atoms with E-state index in [2.05, 4.69) is 14.7 Å². The first-order valence-electron chi connectivity index (χ1n) is 10.7. The predicted molar refractivity (Wildman–Crippen MR) is 127 cm³/mol. The number of hydrogen-bond donors (Lipinski definition) is 1. The maximum absolute atomic E-state index is 12.4. The zero-order valence-corrected chi connectivity index (χ0v) is 18.7. The summed E-state index contributed by atoms with van der Waals surface area (Å²) in [7, 11) is 0. The Labute approximate surface area is 190 Å². The van der Waals surface area contributed by atoms with Gasteiger partial charge in [0.05, 0.1) is 17.9 Å². The van der Waals surface area contributed by atoms with E-state index in [1.807, 2.05) is 48.8 Å². The number of nitrogens with one attached hydrogen (secondary N) is 1. The summed E-state index contributed by atoms with van der Waals surface area (Å²) >= 11 is 1.57. The largest absolute Gasteiger partial charge is 0.462 e. The third-order valence-corrected chi connectivity index (χ3v) is 5.99. The molecule has 0 saturated heterocycles. The molecule has 0 aliphatic heterocycles. The number of anilines is 1. The van der Waals surface area contributed by atoms with Crippen molar-refractivity contribution in [1.82, 2.24) is 9.38 Å². The first kappa shape index (κ1) is 21.8. The van der Waals surface area contributed by atoms with Crippen LogP contribution in [0.2, 0.25) is 0 Å². The third-order valence-electron chi connectivity index (χ3n) is 5.10. The quantitative estimate of drug-likeness (QED) is 0.268. The zero-order valence-electron chi connectivity index (χ0n) is 17.9. The van der Waals surface area contributed by atoms with Gasteiger partial charge in [-0.1, -0.05) is 43.7 Å². The molecule has 1 amide bonds. The molecule has 4 rings (SSSR count). The van der Waals surface area contributed by atoms with Crippen molar-refractivity contribution in [3.8, 4) is 11.3 Å². The lowest BCUT2D eigenvalue weighted by atomic mass is 10.2. The molecule has 6 nitrogen and oxygen atoms in total. The Morgan fingerprint density at radius 2 is 1.88 bits per heavy atom. The van der Waals surface area contributed by atoms with Crippen molar-refractivity contribution in [2.24, 2.45) is 0 Å². The predicted octanol–water partition coefficient (Wildman–Crippen LogP) is 5.59. The van der Waals surface area contributed by atoms with Crippen LogP contribution in [-0.4, -0.2) is 27.9 Å². The number of carbonyl (C=O) groups excluding carboxylic acids is 2. The van der Waals surface area contributed by atoms with Gasteiger partial charge in [-0.3, -0.25) is 9.20 Å². The molecule has 0 saturated carbocycles. The maximum Gasteiger partial charge on any atom is 0.338 e. The van der Waals surface area contributed by atoms with Crippen LogP contribution in [0.1, 0.15) is 42.2 Å². The molecule has 0 bridgehead atoms. The number of imidazole rings is 1. The van der Waals surface area contributed by atoms with Crippen LogP contribution in [0.5, 0.6) is 0 Å². The van der Waals surface area contributed by atoms with Crippen molar-refractivity contribution in [3.63, 3.8) is 0 Å².